The van der Waals surface area contributed by atoms with Gasteiger partial charge >= 0.3 is 5.82 Å². The van der Waals surface area contributed by atoms with Gasteiger partial charge in [-0.3, -0.25) is 4.57 Å². The molecule has 0 saturated carbocycles. The molecule has 2 atom stereocenters. The largest absolute Gasteiger partial charge is 0.406 e. The van der Waals surface area contributed by atoms with E-state index in [9.17, 15) is 10.1 Å². The zero-order valence-corrected chi connectivity index (χ0v) is 10.3. The maximum Gasteiger partial charge on any atom is 0.406 e. The maximum atomic E-state index is 10.9. The van der Waals surface area contributed by atoms with E-state index in [-0.39, 0.29) is 5.82 Å². The van der Waals surface area contributed by atoms with E-state index in [1.807, 2.05) is 0 Å². The van der Waals surface area contributed by atoms with E-state index >= 15 is 0 Å². The third-order valence-electron chi connectivity index (χ3n) is 3.90. The highest BCUT2D eigenvalue weighted by molar-refractivity contribution is 5.52. The third kappa shape index (κ3) is 1.94. The Hall–Kier alpha value is -1.63. The number of nitrogens with one attached hydrogen (secondary N) is 2. The summed E-state index contributed by atoms with van der Waals surface area (Å²) in [5, 5.41) is 17.7. The smallest absolute Gasteiger partial charge is 0.361 e. The zero-order chi connectivity index (χ0) is 12.7. The molecule has 2 unspecified atom stereocenters. The number of nitro groups is 1. The highest BCUT2D eigenvalue weighted by Gasteiger charge is 2.34. The fourth-order valence-corrected chi connectivity index (χ4v) is 3.09. The summed E-state index contributed by atoms with van der Waals surface area (Å²) in [4.78, 5) is 14.3. The van der Waals surface area contributed by atoms with Crippen LogP contribution in [0.5, 0.6) is 0 Å². The first-order valence-corrected chi connectivity index (χ1v) is 6.32. The van der Waals surface area contributed by atoms with Gasteiger partial charge in [-0.2, -0.15) is 0 Å². The lowest BCUT2D eigenvalue weighted by atomic mass is 10.00. The highest BCUT2D eigenvalue weighted by Crippen LogP contribution is 2.30. The summed E-state index contributed by atoms with van der Waals surface area (Å²) in [6, 6.07) is 1.43. The molecule has 3 rings (SSSR count). The number of imidazole rings is 1. The van der Waals surface area contributed by atoms with Crippen LogP contribution in [-0.2, 0) is 7.05 Å². The average molecular weight is 251 g/mol. The lowest BCUT2D eigenvalue weighted by Gasteiger charge is -2.29. The second-order valence-electron chi connectivity index (χ2n) is 5.24. The lowest BCUT2D eigenvalue weighted by molar-refractivity contribution is -0.388. The Morgan fingerprint density at radius 3 is 2.78 bits per heavy atom. The Bertz CT molecular complexity index is 460. The van der Waals surface area contributed by atoms with Crippen molar-refractivity contribution in [3.63, 3.8) is 0 Å². The minimum atomic E-state index is -0.433. The number of fused-ring (bicyclic) bond motifs is 2. The molecule has 1 aromatic rings. The van der Waals surface area contributed by atoms with Crippen molar-refractivity contribution in [1.29, 1.82) is 0 Å². The molecule has 0 radical (unpaired) electrons. The van der Waals surface area contributed by atoms with Crippen molar-refractivity contribution in [3.05, 3.63) is 16.4 Å². The van der Waals surface area contributed by atoms with Gasteiger partial charge < -0.3 is 20.7 Å². The molecule has 0 amide bonds. The lowest BCUT2D eigenvalue weighted by Crippen LogP contribution is -2.43. The first-order valence-electron chi connectivity index (χ1n) is 6.32. The Labute approximate surface area is 105 Å². The normalized spacial score (nSPS) is 30.4. The minimum absolute atomic E-state index is 0.0802. The van der Waals surface area contributed by atoms with Gasteiger partial charge in [0.2, 0.25) is 12.1 Å². The standard InChI is InChI=1S/C11H17N5O2/c1-15-6-12-10(16(17)18)11(15)14-9-4-7-2-3-8(5-9)13-7/h6-9,13-14H,2-5H2,1H3. The van der Waals surface area contributed by atoms with Crippen LogP contribution < -0.4 is 10.6 Å². The summed E-state index contributed by atoms with van der Waals surface area (Å²) in [5.41, 5.74) is 0. The van der Waals surface area contributed by atoms with Gasteiger partial charge in [-0.1, -0.05) is 0 Å². The van der Waals surface area contributed by atoms with Gasteiger partial charge in [0, 0.05) is 25.2 Å². The number of aromatic nitrogens is 2. The molecule has 1 aromatic heterocycles. The minimum Gasteiger partial charge on any atom is -0.361 e. The number of rotatable bonds is 3. The van der Waals surface area contributed by atoms with Gasteiger partial charge in [0.25, 0.3) is 0 Å². The number of aryl methyl sites for hydroxylation is 1. The zero-order valence-electron chi connectivity index (χ0n) is 10.3. The molecule has 7 nitrogen and oxygen atoms in total. The van der Waals surface area contributed by atoms with Crippen molar-refractivity contribution in [1.82, 2.24) is 14.9 Å². The van der Waals surface area contributed by atoms with Crippen LogP contribution in [0.4, 0.5) is 11.6 Å². The molecule has 2 aliphatic heterocycles. The van der Waals surface area contributed by atoms with Crippen molar-refractivity contribution >= 4 is 11.6 Å². The fraction of sp³-hybridized carbons (Fsp3) is 0.727. The van der Waals surface area contributed by atoms with Gasteiger partial charge in [0.15, 0.2) is 0 Å². The van der Waals surface area contributed by atoms with Crippen LogP contribution >= 0.6 is 0 Å². The van der Waals surface area contributed by atoms with Crippen molar-refractivity contribution in [2.24, 2.45) is 7.05 Å². The monoisotopic (exact) mass is 251 g/mol. The molecule has 2 N–H and O–H groups in total. The quantitative estimate of drug-likeness (QED) is 0.619. The van der Waals surface area contributed by atoms with Crippen molar-refractivity contribution in [2.75, 3.05) is 5.32 Å². The topological polar surface area (TPSA) is 85.0 Å². The fourth-order valence-electron chi connectivity index (χ4n) is 3.09. The molecule has 7 heteroatoms. The Kier molecular flexibility index (Phi) is 2.70. The van der Waals surface area contributed by atoms with Crippen LogP contribution in [0.3, 0.4) is 0 Å². The van der Waals surface area contributed by atoms with Crippen LogP contribution in [0.2, 0.25) is 0 Å². The molecule has 2 saturated heterocycles. The molecule has 0 aliphatic carbocycles. The molecular weight excluding hydrogens is 234 g/mol. The highest BCUT2D eigenvalue weighted by atomic mass is 16.6. The molecule has 3 heterocycles. The van der Waals surface area contributed by atoms with Gasteiger partial charge in [-0.15, -0.1) is 0 Å². The molecule has 18 heavy (non-hydrogen) atoms. The van der Waals surface area contributed by atoms with Gasteiger partial charge in [-0.05, 0) is 35.6 Å². The third-order valence-corrected chi connectivity index (χ3v) is 3.90. The van der Waals surface area contributed by atoms with Gasteiger partial charge in [0.1, 0.15) is 0 Å². The van der Waals surface area contributed by atoms with Crippen LogP contribution in [-0.4, -0.2) is 32.6 Å². The Morgan fingerprint density at radius 1 is 1.50 bits per heavy atom. The molecule has 0 aromatic carbocycles. The second-order valence-corrected chi connectivity index (χ2v) is 5.24. The molecule has 2 fully saturated rings. The number of hydrogen-bond acceptors (Lipinski definition) is 5. The summed E-state index contributed by atoms with van der Waals surface area (Å²) in [5.74, 6) is 0.440. The molecular formula is C11H17N5O2. The molecule has 0 spiro atoms. The van der Waals surface area contributed by atoms with E-state index in [0.717, 1.165) is 12.8 Å². The summed E-state index contributed by atoms with van der Waals surface area (Å²) in [7, 11) is 1.78. The van der Waals surface area contributed by atoms with Crippen molar-refractivity contribution in [3.8, 4) is 0 Å². The van der Waals surface area contributed by atoms with Crippen LogP contribution in [0.1, 0.15) is 25.7 Å². The van der Waals surface area contributed by atoms with E-state index in [2.05, 4.69) is 15.6 Å². The van der Waals surface area contributed by atoms with Crippen LogP contribution in [0.15, 0.2) is 6.33 Å². The van der Waals surface area contributed by atoms with E-state index in [1.54, 1.807) is 11.6 Å². The number of piperidine rings is 1. The maximum absolute atomic E-state index is 10.9. The number of nitrogens with zero attached hydrogens (tertiary/aromatic N) is 3. The predicted octanol–water partition coefficient (Wildman–Crippen LogP) is 1.02. The van der Waals surface area contributed by atoms with Gasteiger partial charge in [-0.25, -0.2) is 0 Å². The second kappa shape index (κ2) is 4.24. The SMILES string of the molecule is Cn1cnc([N+](=O)[O-])c1NC1CC2CCC(C1)N2. The van der Waals surface area contributed by atoms with E-state index in [4.69, 9.17) is 0 Å². The van der Waals surface area contributed by atoms with E-state index in [1.165, 1.54) is 19.2 Å². The summed E-state index contributed by atoms with van der Waals surface area (Å²) >= 11 is 0. The van der Waals surface area contributed by atoms with E-state index < -0.39 is 4.92 Å². The first-order chi connectivity index (χ1) is 8.63. The van der Waals surface area contributed by atoms with Crippen LogP contribution in [0, 0.1) is 10.1 Å². The Balaban J connectivity index is 1.76. The van der Waals surface area contributed by atoms with Crippen LogP contribution in [0.25, 0.3) is 0 Å². The predicted molar refractivity (Wildman–Crippen MR) is 66.5 cm³/mol. The first kappa shape index (κ1) is 11.5. The molecule has 2 aliphatic rings. The average Bonchev–Trinajstić information content (AvgIpc) is 2.84. The summed E-state index contributed by atoms with van der Waals surface area (Å²) in [6.45, 7) is 0. The van der Waals surface area contributed by atoms with Gasteiger partial charge in [0.05, 0.1) is 0 Å². The number of anilines is 1. The van der Waals surface area contributed by atoms with Crippen molar-refractivity contribution in [2.45, 2.75) is 43.8 Å². The Morgan fingerprint density at radius 2 is 2.17 bits per heavy atom. The molecule has 2 bridgehead atoms. The summed E-state index contributed by atoms with van der Waals surface area (Å²) < 4.78 is 1.68. The van der Waals surface area contributed by atoms with E-state index in [0.29, 0.717) is 23.9 Å². The van der Waals surface area contributed by atoms with Crippen molar-refractivity contribution < 1.29 is 4.92 Å². The molecule has 98 valence electrons. The number of hydrogen-bond donors (Lipinski definition) is 2. The summed E-state index contributed by atoms with van der Waals surface area (Å²) in [6.07, 6.45) is 5.97.